The Hall–Kier alpha value is -4.18. The summed E-state index contributed by atoms with van der Waals surface area (Å²) in [4.78, 5) is 11.5. The van der Waals surface area contributed by atoms with Crippen molar-refractivity contribution in [1.29, 1.82) is 0 Å². The molecule has 1 aliphatic heterocycles. The molecule has 5 heterocycles. The SMILES string of the molecule is Fc1ccc(CNCc2ccc3nc(Cn4cc(-c5cncc(N6CCCC6)c5)nn4)cn3c2)c(F)c1. The van der Waals surface area contributed by atoms with Crippen LogP contribution >= 0.6 is 0 Å². The van der Waals surface area contributed by atoms with Gasteiger partial charge in [-0.2, -0.15) is 0 Å². The lowest BCUT2D eigenvalue weighted by Crippen LogP contribution is -2.17. The summed E-state index contributed by atoms with van der Waals surface area (Å²) < 4.78 is 30.7. The van der Waals surface area contributed by atoms with Gasteiger partial charge in [0.15, 0.2) is 0 Å². The quantitative estimate of drug-likeness (QED) is 0.344. The second-order valence-corrected chi connectivity index (χ2v) is 9.30. The standard InChI is InChI=1S/C27H26F2N8/c28-22-5-4-20(25(29)10-22)12-30-11-19-3-6-27-32-23(16-36(27)15-19)17-37-18-26(33-34-37)21-9-24(14-31-13-21)35-7-1-2-8-35/h3-6,9-10,13-16,18,30H,1-2,7-8,11-12,17H2. The van der Waals surface area contributed by atoms with Crippen LogP contribution in [0.15, 0.2) is 67.4 Å². The minimum atomic E-state index is -0.575. The lowest BCUT2D eigenvalue weighted by molar-refractivity contribution is 0.560. The predicted molar refractivity (Wildman–Crippen MR) is 136 cm³/mol. The van der Waals surface area contributed by atoms with Gasteiger partial charge in [0.25, 0.3) is 0 Å². The van der Waals surface area contributed by atoms with E-state index in [1.165, 1.54) is 25.0 Å². The normalized spacial score (nSPS) is 13.6. The molecule has 8 nitrogen and oxygen atoms in total. The van der Waals surface area contributed by atoms with Gasteiger partial charge in [-0.05, 0) is 36.6 Å². The van der Waals surface area contributed by atoms with Gasteiger partial charge >= 0.3 is 0 Å². The fraction of sp³-hybridized carbons (Fsp3) is 0.259. The van der Waals surface area contributed by atoms with Gasteiger partial charge in [0, 0.05) is 62.0 Å². The number of nitrogens with one attached hydrogen (secondary N) is 1. The summed E-state index contributed by atoms with van der Waals surface area (Å²) in [5.74, 6) is -1.12. The largest absolute Gasteiger partial charge is 0.370 e. The first-order valence-corrected chi connectivity index (χ1v) is 12.3. The van der Waals surface area contributed by atoms with E-state index in [-0.39, 0.29) is 0 Å². The Morgan fingerprint density at radius 2 is 1.81 bits per heavy atom. The highest BCUT2D eigenvalue weighted by Gasteiger charge is 2.14. The molecule has 0 amide bonds. The number of aromatic nitrogens is 6. The molecule has 10 heteroatoms. The monoisotopic (exact) mass is 500 g/mol. The van der Waals surface area contributed by atoms with Crippen LogP contribution in [-0.4, -0.2) is 42.5 Å². The lowest BCUT2D eigenvalue weighted by Gasteiger charge is -2.17. The van der Waals surface area contributed by atoms with Gasteiger partial charge in [-0.15, -0.1) is 5.10 Å². The number of hydrogen-bond acceptors (Lipinski definition) is 6. The molecule has 37 heavy (non-hydrogen) atoms. The predicted octanol–water partition coefficient (Wildman–Crippen LogP) is 4.20. The molecule has 0 spiro atoms. The molecule has 0 radical (unpaired) electrons. The molecule has 188 valence electrons. The number of imidazole rings is 1. The average molecular weight is 501 g/mol. The zero-order valence-electron chi connectivity index (χ0n) is 20.2. The summed E-state index contributed by atoms with van der Waals surface area (Å²) in [6.07, 6.45) is 12.0. The number of nitrogens with zero attached hydrogens (tertiary/aromatic N) is 7. The van der Waals surface area contributed by atoms with E-state index in [1.54, 1.807) is 4.68 Å². The fourth-order valence-electron chi connectivity index (χ4n) is 4.67. The smallest absolute Gasteiger partial charge is 0.137 e. The Morgan fingerprint density at radius 3 is 2.68 bits per heavy atom. The topological polar surface area (TPSA) is 76.2 Å². The highest BCUT2D eigenvalue weighted by molar-refractivity contribution is 5.63. The molecule has 6 rings (SSSR count). The van der Waals surface area contributed by atoms with Crippen molar-refractivity contribution in [2.45, 2.75) is 32.5 Å². The fourth-order valence-corrected chi connectivity index (χ4v) is 4.67. The maximum absolute atomic E-state index is 13.8. The molecule has 1 aliphatic rings. The number of benzene rings is 1. The van der Waals surface area contributed by atoms with E-state index in [9.17, 15) is 8.78 Å². The second-order valence-electron chi connectivity index (χ2n) is 9.30. The maximum Gasteiger partial charge on any atom is 0.137 e. The van der Waals surface area contributed by atoms with Gasteiger partial charge in [-0.1, -0.05) is 17.3 Å². The number of hydrogen-bond donors (Lipinski definition) is 1. The van der Waals surface area contributed by atoms with Crippen molar-refractivity contribution >= 4 is 11.3 Å². The van der Waals surface area contributed by atoms with Gasteiger partial charge in [0.2, 0.25) is 0 Å². The average Bonchev–Trinajstić information content (AvgIpc) is 3.67. The van der Waals surface area contributed by atoms with Crippen molar-refractivity contribution in [3.8, 4) is 11.3 Å². The molecule has 1 aromatic carbocycles. The molecule has 0 unspecified atom stereocenters. The van der Waals surface area contributed by atoms with Crippen LogP contribution in [0.2, 0.25) is 0 Å². The van der Waals surface area contributed by atoms with E-state index in [0.29, 0.717) is 25.2 Å². The van der Waals surface area contributed by atoms with E-state index < -0.39 is 11.6 Å². The third-order valence-corrected chi connectivity index (χ3v) is 6.58. The number of pyridine rings is 2. The van der Waals surface area contributed by atoms with Crippen molar-refractivity contribution in [2.24, 2.45) is 0 Å². The molecule has 0 aliphatic carbocycles. The van der Waals surface area contributed by atoms with Crippen molar-refractivity contribution in [3.05, 3.63) is 95.8 Å². The third kappa shape index (κ3) is 5.19. The van der Waals surface area contributed by atoms with E-state index in [2.05, 4.69) is 31.6 Å². The van der Waals surface area contributed by atoms with E-state index in [4.69, 9.17) is 4.98 Å². The van der Waals surface area contributed by atoms with Gasteiger partial charge in [-0.25, -0.2) is 18.4 Å². The van der Waals surface area contributed by atoms with E-state index >= 15 is 0 Å². The number of halogens is 2. The number of fused-ring (bicyclic) bond motifs is 1. The molecule has 1 fully saturated rings. The van der Waals surface area contributed by atoms with Crippen LogP contribution in [-0.2, 0) is 19.6 Å². The molecule has 5 aromatic rings. The lowest BCUT2D eigenvalue weighted by atomic mass is 10.2. The van der Waals surface area contributed by atoms with Crippen LogP contribution in [0.3, 0.4) is 0 Å². The first-order valence-electron chi connectivity index (χ1n) is 12.3. The summed E-state index contributed by atoms with van der Waals surface area (Å²) in [7, 11) is 0. The summed E-state index contributed by atoms with van der Waals surface area (Å²) in [6, 6.07) is 9.67. The first-order chi connectivity index (χ1) is 18.1. The maximum atomic E-state index is 13.8. The summed E-state index contributed by atoms with van der Waals surface area (Å²) in [5, 5.41) is 11.9. The van der Waals surface area contributed by atoms with Gasteiger partial charge in [0.05, 0.1) is 30.3 Å². The van der Waals surface area contributed by atoms with Crippen LogP contribution in [0.4, 0.5) is 14.5 Å². The van der Waals surface area contributed by atoms with Gasteiger partial charge < -0.3 is 14.6 Å². The minimum Gasteiger partial charge on any atom is -0.370 e. The molecular formula is C27H26F2N8. The Kier molecular flexibility index (Phi) is 6.32. The number of anilines is 1. The third-order valence-electron chi connectivity index (χ3n) is 6.58. The van der Waals surface area contributed by atoms with Crippen LogP contribution in [0.1, 0.15) is 29.7 Å². The second kappa shape index (κ2) is 10.1. The zero-order valence-corrected chi connectivity index (χ0v) is 20.2. The van der Waals surface area contributed by atoms with Crippen LogP contribution in [0.25, 0.3) is 16.9 Å². The first kappa shape index (κ1) is 23.2. The molecular weight excluding hydrogens is 474 g/mol. The highest BCUT2D eigenvalue weighted by atomic mass is 19.1. The van der Waals surface area contributed by atoms with Crippen molar-refractivity contribution in [3.63, 3.8) is 0 Å². The Morgan fingerprint density at radius 1 is 0.919 bits per heavy atom. The van der Waals surface area contributed by atoms with Gasteiger partial charge in [0.1, 0.15) is 23.0 Å². The summed E-state index contributed by atoms with van der Waals surface area (Å²) >= 11 is 0. The Bertz CT molecular complexity index is 1540. The zero-order chi connectivity index (χ0) is 25.2. The molecule has 4 aromatic heterocycles. The molecule has 0 saturated carbocycles. The Balaban J connectivity index is 1.11. The van der Waals surface area contributed by atoms with Crippen molar-refractivity contribution < 1.29 is 8.78 Å². The molecule has 0 atom stereocenters. The van der Waals surface area contributed by atoms with Gasteiger partial charge in [-0.3, -0.25) is 4.98 Å². The highest BCUT2D eigenvalue weighted by Crippen LogP contribution is 2.24. The number of rotatable bonds is 8. The molecule has 1 saturated heterocycles. The van der Waals surface area contributed by atoms with Crippen molar-refractivity contribution in [2.75, 3.05) is 18.0 Å². The van der Waals surface area contributed by atoms with Crippen LogP contribution in [0.5, 0.6) is 0 Å². The molecule has 1 N–H and O–H groups in total. The van der Waals surface area contributed by atoms with E-state index in [0.717, 1.165) is 53.0 Å². The minimum absolute atomic E-state index is 0.310. The van der Waals surface area contributed by atoms with Crippen LogP contribution in [0, 0.1) is 11.6 Å². The van der Waals surface area contributed by atoms with E-state index in [1.807, 2.05) is 47.5 Å². The summed E-state index contributed by atoms with van der Waals surface area (Å²) in [5.41, 5.74) is 5.99. The Labute approximate surface area is 212 Å². The van der Waals surface area contributed by atoms with Crippen LogP contribution < -0.4 is 10.2 Å². The van der Waals surface area contributed by atoms with Crippen molar-refractivity contribution in [1.82, 2.24) is 34.7 Å². The summed E-state index contributed by atoms with van der Waals surface area (Å²) in [6.45, 7) is 3.47. The molecule has 0 bridgehead atoms.